The summed E-state index contributed by atoms with van der Waals surface area (Å²) in [5, 5.41) is 0.803. The van der Waals surface area contributed by atoms with E-state index in [-0.39, 0.29) is 6.42 Å². The number of rotatable bonds is 4. The predicted octanol–water partition coefficient (Wildman–Crippen LogP) is 4.41. The first kappa shape index (κ1) is 22.3. The molecule has 0 amide bonds. The van der Waals surface area contributed by atoms with Crippen LogP contribution in [-0.2, 0) is 22.5 Å². The van der Waals surface area contributed by atoms with Crippen LogP contribution in [0.2, 0.25) is 0 Å². The maximum absolute atomic E-state index is 12.7. The van der Waals surface area contributed by atoms with Gasteiger partial charge < -0.3 is 23.7 Å². The number of anilines is 2. The molecule has 0 N–H and O–H groups in total. The van der Waals surface area contributed by atoms with Gasteiger partial charge in [0.2, 0.25) is 0 Å². The van der Waals surface area contributed by atoms with Gasteiger partial charge in [-0.25, -0.2) is 4.79 Å². The Morgan fingerprint density at radius 2 is 1.74 bits per heavy atom. The van der Waals surface area contributed by atoms with Crippen LogP contribution < -0.4 is 20.2 Å². The Bertz CT molecular complexity index is 1270. The zero-order valence-corrected chi connectivity index (χ0v) is 19.9. The maximum Gasteiger partial charge on any atom is 0.340 e. The largest absolute Gasteiger partial charge is 0.473 e. The van der Waals surface area contributed by atoms with Gasteiger partial charge in [-0.15, -0.1) is 0 Å². The summed E-state index contributed by atoms with van der Waals surface area (Å²) in [6.45, 7) is 7.34. The molecule has 2 aliphatic heterocycles. The van der Waals surface area contributed by atoms with Gasteiger partial charge in [-0.2, -0.15) is 0 Å². The number of methoxy groups -OCH3 is 1. The fraction of sp³-hybridized carbons (Fsp3) is 0.407. The van der Waals surface area contributed by atoms with E-state index in [2.05, 4.69) is 41.0 Å². The summed E-state index contributed by atoms with van der Waals surface area (Å²) in [4.78, 5) is 29.1. The molecule has 0 unspecified atom stereocenters. The Labute approximate surface area is 198 Å². The minimum atomic E-state index is -0.513. The second-order valence-electron chi connectivity index (χ2n) is 9.32. The summed E-state index contributed by atoms with van der Waals surface area (Å²) in [5.41, 5.74) is 4.20. The smallest absolute Gasteiger partial charge is 0.340 e. The fourth-order valence-corrected chi connectivity index (χ4v) is 4.89. The van der Waals surface area contributed by atoms with Crippen LogP contribution in [0.15, 0.2) is 45.6 Å². The van der Waals surface area contributed by atoms with Crippen molar-refractivity contribution in [3.05, 3.63) is 63.5 Å². The molecule has 1 fully saturated rings. The van der Waals surface area contributed by atoms with Crippen LogP contribution in [0, 0.1) is 12.8 Å². The van der Waals surface area contributed by atoms with Crippen molar-refractivity contribution in [2.75, 3.05) is 36.7 Å². The molecule has 3 heterocycles. The molecule has 34 heavy (non-hydrogen) atoms. The number of hydrogen-bond donors (Lipinski definition) is 0. The van der Waals surface area contributed by atoms with E-state index < -0.39 is 11.6 Å². The zero-order chi connectivity index (χ0) is 23.8. The van der Waals surface area contributed by atoms with E-state index in [0.29, 0.717) is 30.2 Å². The van der Waals surface area contributed by atoms with Crippen molar-refractivity contribution in [3.63, 3.8) is 0 Å². The normalized spacial score (nSPS) is 16.3. The molecule has 7 heteroatoms. The number of fused-ring (bicyclic) bond motifs is 3. The number of aryl methyl sites for hydroxylation is 1. The van der Waals surface area contributed by atoms with Crippen molar-refractivity contribution in [1.29, 1.82) is 0 Å². The van der Waals surface area contributed by atoms with Gasteiger partial charge in [0.15, 0.2) is 6.73 Å². The van der Waals surface area contributed by atoms with Gasteiger partial charge in [0.25, 0.3) is 0 Å². The standard InChI is InChI=1S/C27H30N2O5/c1-17-10-12-28(13-11-17)19-4-6-20(7-5-19)29-15-23-24(33-16-29)9-8-21-18(2)22(14-25(30)32-3)27(31)34-26(21)23/h4-9,17H,10-16H2,1-3H3. The fourth-order valence-electron chi connectivity index (χ4n) is 4.89. The molecule has 0 aliphatic carbocycles. The van der Waals surface area contributed by atoms with Crippen molar-refractivity contribution in [2.24, 2.45) is 5.92 Å². The number of hydrogen-bond acceptors (Lipinski definition) is 7. The second-order valence-corrected chi connectivity index (χ2v) is 9.32. The van der Waals surface area contributed by atoms with E-state index in [1.54, 1.807) is 0 Å². The Morgan fingerprint density at radius 3 is 2.41 bits per heavy atom. The highest BCUT2D eigenvalue weighted by atomic mass is 16.5. The molecule has 1 aromatic heterocycles. The summed E-state index contributed by atoms with van der Waals surface area (Å²) >= 11 is 0. The van der Waals surface area contributed by atoms with E-state index in [4.69, 9.17) is 13.9 Å². The van der Waals surface area contributed by atoms with Crippen LogP contribution in [-0.4, -0.2) is 32.9 Å². The van der Waals surface area contributed by atoms with Crippen LogP contribution in [0.25, 0.3) is 11.0 Å². The number of carbonyl (C=O) groups is 1. The summed E-state index contributed by atoms with van der Waals surface area (Å²) in [6, 6.07) is 12.4. The summed E-state index contributed by atoms with van der Waals surface area (Å²) in [6.07, 6.45) is 2.36. The number of piperidine rings is 1. The summed E-state index contributed by atoms with van der Waals surface area (Å²) < 4.78 is 16.5. The molecular formula is C27H30N2O5. The van der Waals surface area contributed by atoms with Crippen molar-refractivity contribution >= 4 is 28.3 Å². The van der Waals surface area contributed by atoms with Gasteiger partial charge in [-0.3, -0.25) is 4.79 Å². The molecular weight excluding hydrogens is 432 g/mol. The summed E-state index contributed by atoms with van der Waals surface area (Å²) in [5.74, 6) is 1.05. The number of ether oxygens (including phenoxy) is 2. The average molecular weight is 463 g/mol. The molecule has 0 spiro atoms. The van der Waals surface area contributed by atoms with Crippen molar-refractivity contribution in [3.8, 4) is 5.75 Å². The molecule has 178 valence electrons. The molecule has 0 saturated carbocycles. The highest BCUT2D eigenvalue weighted by Gasteiger charge is 2.25. The quantitative estimate of drug-likeness (QED) is 0.420. The Hall–Kier alpha value is -3.48. The first-order valence-corrected chi connectivity index (χ1v) is 11.8. The third kappa shape index (κ3) is 4.11. The highest BCUT2D eigenvalue weighted by Crippen LogP contribution is 2.36. The van der Waals surface area contributed by atoms with Crippen molar-refractivity contribution in [1.82, 2.24) is 0 Å². The third-order valence-corrected chi connectivity index (χ3v) is 7.15. The van der Waals surface area contributed by atoms with Crippen LogP contribution in [0.5, 0.6) is 5.75 Å². The monoisotopic (exact) mass is 462 g/mol. The summed E-state index contributed by atoms with van der Waals surface area (Å²) in [7, 11) is 1.31. The SMILES string of the molecule is COC(=O)Cc1c(C)c2ccc3c(c2oc1=O)CN(c1ccc(N2CCC(C)CC2)cc1)CO3. The van der Waals surface area contributed by atoms with Gasteiger partial charge in [-0.05, 0) is 67.6 Å². The lowest BCUT2D eigenvalue weighted by Crippen LogP contribution is -2.33. The molecule has 0 atom stereocenters. The molecule has 5 rings (SSSR count). The minimum Gasteiger partial charge on any atom is -0.473 e. The number of benzene rings is 2. The third-order valence-electron chi connectivity index (χ3n) is 7.15. The zero-order valence-electron chi connectivity index (χ0n) is 19.9. The predicted molar refractivity (Wildman–Crippen MR) is 132 cm³/mol. The molecule has 7 nitrogen and oxygen atoms in total. The lowest BCUT2D eigenvalue weighted by Gasteiger charge is -2.33. The van der Waals surface area contributed by atoms with Crippen LogP contribution in [0.4, 0.5) is 11.4 Å². The molecule has 1 saturated heterocycles. The lowest BCUT2D eigenvalue weighted by atomic mass is 9.99. The van der Waals surface area contributed by atoms with Crippen LogP contribution in [0.3, 0.4) is 0 Å². The maximum atomic E-state index is 12.7. The van der Waals surface area contributed by atoms with Crippen molar-refractivity contribution < 1.29 is 18.7 Å². The van der Waals surface area contributed by atoms with Crippen LogP contribution >= 0.6 is 0 Å². The molecule has 2 aliphatic rings. The Morgan fingerprint density at radius 1 is 1.06 bits per heavy atom. The second kappa shape index (κ2) is 9.05. The minimum absolute atomic E-state index is 0.109. The number of esters is 1. The van der Waals surface area contributed by atoms with E-state index in [1.165, 1.54) is 25.6 Å². The van der Waals surface area contributed by atoms with E-state index in [9.17, 15) is 9.59 Å². The van der Waals surface area contributed by atoms with Gasteiger partial charge in [0.1, 0.15) is 11.3 Å². The molecule has 0 radical (unpaired) electrons. The van der Waals surface area contributed by atoms with Crippen molar-refractivity contribution in [2.45, 2.75) is 39.7 Å². The molecule has 2 aromatic carbocycles. The highest BCUT2D eigenvalue weighted by molar-refractivity contribution is 5.87. The first-order valence-electron chi connectivity index (χ1n) is 11.8. The lowest BCUT2D eigenvalue weighted by molar-refractivity contribution is -0.139. The first-order chi connectivity index (χ1) is 16.4. The van der Waals surface area contributed by atoms with E-state index in [0.717, 1.165) is 41.2 Å². The van der Waals surface area contributed by atoms with Gasteiger partial charge in [0, 0.05) is 29.9 Å². The molecule has 0 bridgehead atoms. The number of carbonyl (C=O) groups excluding carboxylic acids is 1. The van der Waals surface area contributed by atoms with Crippen LogP contribution in [0.1, 0.15) is 36.5 Å². The topological polar surface area (TPSA) is 72.2 Å². The van der Waals surface area contributed by atoms with Gasteiger partial charge in [-0.1, -0.05) is 6.92 Å². The van der Waals surface area contributed by atoms with Gasteiger partial charge >= 0.3 is 11.6 Å². The average Bonchev–Trinajstić information content (AvgIpc) is 2.86. The van der Waals surface area contributed by atoms with Gasteiger partial charge in [0.05, 0.1) is 31.2 Å². The van der Waals surface area contributed by atoms with E-state index in [1.807, 2.05) is 19.1 Å². The Kier molecular flexibility index (Phi) is 5.94. The number of nitrogens with zero attached hydrogens (tertiary/aromatic N) is 2. The Balaban J connectivity index is 1.43. The molecule has 3 aromatic rings. The van der Waals surface area contributed by atoms with E-state index >= 15 is 0 Å².